The summed E-state index contributed by atoms with van der Waals surface area (Å²) >= 11 is 0. The van der Waals surface area contributed by atoms with Gasteiger partial charge in [-0.1, -0.05) is 41.8 Å². The molecule has 1 fully saturated rings. The Bertz CT molecular complexity index is 911. The van der Waals surface area contributed by atoms with Crippen LogP contribution in [0.3, 0.4) is 0 Å². The predicted molar refractivity (Wildman–Crippen MR) is 104 cm³/mol. The van der Waals surface area contributed by atoms with Crippen LogP contribution in [0.5, 0.6) is 0 Å². The van der Waals surface area contributed by atoms with E-state index >= 15 is 0 Å². The standard InChI is InChI=1S/C21H25NO4S/c1-16-11-17(2)13-18(12-16)15-26-21(23)19-7-6-8-20(14-19)27(24,25)22-9-4-3-5-10-22/h6-8,11-14H,3-5,9-10,15H2,1-2H3. The Morgan fingerprint density at radius 2 is 1.67 bits per heavy atom. The van der Waals surface area contributed by atoms with Crippen LogP contribution in [0, 0.1) is 13.8 Å². The zero-order chi connectivity index (χ0) is 19.4. The van der Waals surface area contributed by atoms with Crippen molar-refractivity contribution in [1.29, 1.82) is 0 Å². The number of ether oxygens (including phenoxy) is 1. The molecule has 0 amide bonds. The van der Waals surface area contributed by atoms with Crippen LogP contribution >= 0.6 is 0 Å². The molecule has 5 nitrogen and oxygen atoms in total. The number of esters is 1. The molecule has 0 atom stereocenters. The normalized spacial score (nSPS) is 15.5. The molecular formula is C21H25NO4S. The smallest absolute Gasteiger partial charge is 0.338 e. The van der Waals surface area contributed by atoms with Crippen LogP contribution in [0.1, 0.15) is 46.3 Å². The van der Waals surface area contributed by atoms with Gasteiger partial charge in [0, 0.05) is 13.1 Å². The van der Waals surface area contributed by atoms with E-state index in [1.54, 1.807) is 12.1 Å². The van der Waals surface area contributed by atoms with Crippen LogP contribution in [-0.2, 0) is 21.4 Å². The van der Waals surface area contributed by atoms with Gasteiger partial charge in [-0.25, -0.2) is 13.2 Å². The van der Waals surface area contributed by atoms with Gasteiger partial charge in [0.1, 0.15) is 6.61 Å². The van der Waals surface area contributed by atoms with Gasteiger partial charge in [0.15, 0.2) is 0 Å². The van der Waals surface area contributed by atoms with Gasteiger partial charge in [0.05, 0.1) is 10.5 Å². The summed E-state index contributed by atoms with van der Waals surface area (Å²) in [6, 6.07) is 12.1. The topological polar surface area (TPSA) is 63.7 Å². The second kappa shape index (κ2) is 8.23. The first-order chi connectivity index (χ1) is 12.9. The average molecular weight is 388 g/mol. The van der Waals surface area contributed by atoms with E-state index in [2.05, 4.69) is 6.07 Å². The van der Waals surface area contributed by atoms with Crippen molar-refractivity contribution in [3.8, 4) is 0 Å². The molecule has 2 aromatic carbocycles. The fourth-order valence-electron chi connectivity index (χ4n) is 3.42. The maximum Gasteiger partial charge on any atom is 0.338 e. The average Bonchev–Trinajstić information content (AvgIpc) is 2.66. The van der Waals surface area contributed by atoms with Crippen molar-refractivity contribution >= 4 is 16.0 Å². The zero-order valence-corrected chi connectivity index (χ0v) is 16.6. The lowest BCUT2D eigenvalue weighted by molar-refractivity contribution is 0.0472. The molecule has 3 rings (SSSR count). The summed E-state index contributed by atoms with van der Waals surface area (Å²) in [5.74, 6) is -0.523. The second-order valence-electron chi connectivity index (χ2n) is 7.06. The van der Waals surface area contributed by atoms with E-state index in [9.17, 15) is 13.2 Å². The Labute approximate surface area is 161 Å². The monoisotopic (exact) mass is 387 g/mol. The first kappa shape index (κ1) is 19.6. The third-order valence-electron chi connectivity index (χ3n) is 4.67. The zero-order valence-electron chi connectivity index (χ0n) is 15.8. The molecule has 0 saturated carbocycles. The third-order valence-corrected chi connectivity index (χ3v) is 6.57. The first-order valence-electron chi connectivity index (χ1n) is 9.21. The number of benzene rings is 2. The van der Waals surface area contributed by atoms with Crippen LogP contribution in [0.2, 0.25) is 0 Å². The number of rotatable bonds is 5. The van der Waals surface area contributed by atoms with Crippen molar-refractivity contribution in [1.82, 2.24) is 4.31 Å². The molecule has 1 heterocycles. The highest BCUT2D eigenvalue weighted by Crippen LogP contribution is 2.22. The molecule has 144 valence electrons. The lowest BCUT2D eigenvalue weighted by Gasteiger charge is -2.25. The minimum atomic E-state index is -3.57. The number of sulfonamides is 1. The quantitative estimate of drug-likeness (QED) is 0.732. The molecule has 1 aliphatic heterocycles. The Balaban J connectivity index is 1.73. The lowest BCUT2D eigenvalue weighted by Crippen LogP contribution is -2.35. The van der Waals surface area contributed by atoms with Gasteiger partial charge in [-0.15, -0.1) is 0 Å². The highest BCUT2D eigenvalue weighted by Gasteiger charge is 2.26. The Morgan fingerprint density at radius 3 is 2.33 bits per heavy atom. The molecule has 27 heavy (non-hydrogen) atoms. The van der Waals surface area contributed by atoms with Crippen LogP contribution in [0.4, 0.5) is 0 Å². The highest BCUT2D eigenvalue weighted by molar-refractivity contribution is 7.89. The molecule has 0 spiro atoms. The maximum absolute atomic E-state index is 12.8. The van der Waals surface area contributed by atoms with E-state index < -0.39 is 16.0 Å². The van der Waals surface area contributed by atoms with E-state index in [-0.39, 0.29) is 17.1 Å². The number of carbonyl (C=O) groups excluding carboxylic acids is 1. The number of carbonyl (C=O) groups is 1. The van der Waals surface area contributed by atoms with E-state index in [4.69, 9.17) is 4.74 Å². The molecule has 0 aliphatic carbocycles. The third kappa shape index (κ3) is 4.76. The van der Waals surface area contributed by atoms with Crippen LogP contribution in [0.25, 0.3) is 0 Å². The molecular weight excluding hydrogens is 362 g/mol. The largest absolute Gasteiger partial charge is 0.457 e. The van der Waals surface area contributed by atoms with E-state index in [1.165, 1.54) is 16.4 Å². The van der Waals surface area contributed by atoms with Gasteiger partial charge in [0.25, 0.3) is 0 Å². The Kier molecular flexibility index (Phi) is 5.97. The second-order valence-corrected chi connectivity index (χ2v) is 9.00. The molecule has 0 radical (unpaired) electrons. The van der Waals surface area contributed by atoms with Crippen LogP contribution < -0.4 is 0 Å². The number of hydrogen-bond donors (Lipinski definition) is 0. The fourth-order valence-corrected chi connectivity index (χ4v) is 4.99. The van der Waals surface area contributed by atoms with Crippen molar-refractivity contribution in [3.63, 3.8) is 0 Å². The van der Waals surface area contributed by atoms with Gasteiger partial charge < -0.3 is 4.74 Å². The number of hydrogen-bond acceptors (Lipinski definition) is 4. The summed E-state index contributed by atoms with van der Waals surface area (Å²) in [5.41, 5.74) is 3.38. The van der Waals surface area contributed by atoms with Gasteiger partial charge in [-0.05, 0) is 50.5 Å². The number of nitrogens with zero attached hydrogens (tertiary/aromatic N) is 1. The van der Waals surface area contributed by atoms with Crippen molar-refractivity contribution < 1.29 is 17.9 Å². The molecule has 2 aromatic rings. The summed E-state index contributed by atoms with van der Waals surface area (Å²) in [6.07, 6.45) is 2.80. The molecule has 1 aliphatic rings. The number of aryl methyl sites for hydroxylation is 2. The molecule has 0 aromatic heterocycles. The van der Waals surface area contributed by atoms with E-state index in [1.807, 2.05) is 26.0 Å². The Morgan fingerprint density at radius 1 is 1.00 bits per heavy atom. The predicted octanol–water partition coefficient (Wildman–Crippen LogP) is 3.84. The Hall–Kier alpha value is -2.18. The SMILES string of the molecule is Cc1cc(C)cc(COC(=O)c2cccc(S(=O)(=O)N3CCCCC3)c2)c1. The van der Waals surface area contributed by atoms with Gasteiger partial charge >= 0.3 is 5.97 Å². The van der Waals surface area contributed by atoms with Gasteiger partial charge in [0.2, 0.25) is 10.0 Å². The van der Waals surface area contributed by atoms with Gasteiger partial charge in [-0.2, -0.15) is 4.31 Å². The van der Waals surface area contributed by atoms with Crippen molar-refractivity contribution in [2.45, 2.75) is 44.6 Å². The summed E-state index contributed by atoms with van der Waals surface area (Å²) in [5, 5.41) is 0. The first-order valence-corrected chi connectivity index (χ1v) is 10.6. The van der Waals surface area contributed by atoms with E-state index in [0.717, 1.165) is 36.0 Å². The molecule has 0 N–H and O–H groups in total. The summed E-state index contributed by atoms with van der Waals surface area (Å²) in [7, 11) is -3.57. The lowest BCUT2D eigenvalue weighted by atomic mass is 10.1. The minimum absolute atomic E-state index is 0.144. The highest BCUT2D eigenvalue weighted by atomic mass is 32.2. The summed E-state index contributed by atoms with van der Waals surface area (Å²) in [6.45, 7) is 5.21. The van der Waals surface area contributed by atoms with Crippen molar-refractivity contribution in [2.24, 2.45) is 0 Å². The van der Waals surface area contributed by atoms with Gasteiger partial charge in [-0.3, -0.25) is 0 Å². The molecule has 1 saturated heterocycles. The summed E-state index contributed by atoms with van der Waals surface area (Å²) in [4.78, 5) is 12.6. The minimum Gasteiger partial charge on any atom is -0.457 e. The van der Waals surface area contributed by atoms with Crippen molar-refractivity contribution in [3.05, 3.63) is 64.7 Å². The number of piperidine rings is 1. The molecule has 6 heteroatoms. The fraction of sp³-hybridized carbons (Fsp3) is 0.381. The summed E-state index contributed by atoms with van der Waals surface area (Å²) < 4.78 is 32.5. The van der Waals surface area contributed by atoms with Crippen LogP contribution in [-0.4, -0.2) is 31.8 Å². The molecule has 0 unspecified atom stereocenters. The van der Waals surface area contributed by atoms with Crippen LogP contribution in [0.15, 0.2) is 47.4 Å². The molecule has 0 bridgehead atoms. The van der Waals surface area contributed by atoms with Crippen molar-refractivity contribution in [2.75, 3.05) is 13.1 Å². The van der Waals surface area contributed by atoms with E-state index in [0.29, 0.717) is 13.1 Å². The maximum atomic E-state index is 12.8.